The lowest BCUT2D eigenvalue weighted by atomic mass is 9.98. The molecule has 1 aromatic heterocycles. The number of alkyl carbamates (subject to hydrolysis) is 1. The topological polar surface area (TPSA) is 123 Å². The number of carbonyl (C=O) groups excluding carboxylic acids is 2. The number of ether oxygens (including phenoxy) is 1. The molecule has 2 amide bonds. The molecule has 0 bridgehead atoms. The minimum absolute atomic E-state index is 0.00452. The van der Waals surface area contributed by atoms with Crippen LogP contribution in [0.2, 0.25) is 0 Å². The Bertz CT molecular complexity index is 1220. The van der Waals surface area contributed by atoms with E-state index in [1.54, 1.807) is 0 Å². The number of aryl methyl sites for hydroxylation is 1. The van der Waals surface area contributed by atoms with Gasteiger partial charge in [-0.15, -0.1) is 0 Å². The Hall–Kier alpha value is -4.14. The van der Waals surface area contributed by atoms with Crippen LogP contribution in [0.15, 0.2) is 54.6 Å². The van der Waals surface area contributed by atoms with Gasteiger partial charge in [0.15, 0.2) is 5.69 Å². The van der Waals surface area contributed by atoms with Gasteiger partial charge in [-0.1, -0.05) is 62.4 Å². The van der Waals surface area contributed by atoms with Crippen LogP contribution in [0, 0.1) is 5.92 Å². The van der Waals surface area contributed by atoms with Crippen LogP contribution in [0.5, 0.6) is 0 Å². The van der Waals surface area contributed by atoms with Crippen molar-refractivity contribution in [3.05, 3.63) is 71.4 Å². The van der Waals surface area contributed by atoms with E-state index in [1.165, 1.54) is 17.8 Å². The molecule has 9 nitrogen and oxygen atoms in total. The summed E-state index contributed by atoms with van der Waals surface area (Å²) >= 11 is 0. The lowest BCUT2D eigenvalue weighted by Gasteiger charge is -2.22. The van der Waals surface area contributed by atoms with Crippen LogP contribution in [0.4, 0.5) is 10.6 Å². The zero-order chi connectivity index (χ0) is 25.1. The van der Waals surface area contributed by atoms with Gasteiger partial charge in [0.05, 0.1) is 0 Å². The summed E-state index contributed by atoms with van der Waals surface area (Å²) in [6.07, 6.45) is -0.595. The molecule has 0 fully saturated rings. The van der Waals surface area contributed by atoms with Gasteiger partial charge in [0.25, 0.3) is 0 Å². The van der Waals surface area contributed by atoms with Crippen LogP contribution in [-0.4, -0.2) is 45.5 Å². The summed E-state index contributed by atoms with van der Waals surface area (Å²) in [5.41, 5.74) is 4.38. The maximum Gasteiger partial charge on any atom is 0.407 e. The number of aromatic carboxylic acids is 1. The summed E-state index contributed by atoms with van der Waals surface area (Å²) in [5, 5.41) is 18.3. The molecule has 0 unspecified atom stereocenters. The van der Waals surface area contributed by atoms with E-state index in [-0.39, 0.29) is 42.3 Å². The van der Waals surface area contributed by atoms with Crippen LogP contribution in [-0.2, 0) is 16.6 Å². The number of carboxylic acid groups (broad SMARTS) is 1. The van der Waals surface area contributed by atoms with Gasteiger partial charge in [-0.3, -0.25) is 9.48 Å². The molecule has 1 aliphatic rings. The SMILES string of the molecule is CC(C)[C@H](CC(=O)Nc1cc(C(=O)O)nn1C)NC(=O)OCC1c2ccccc2-c2ccccc21. The average Bonchev–Trinajstić information content (AvgIpc) is 3.35. The molecule has 1 aliphatic carbocycles. The van der Waals surface area contributed by atoms with Crippen molar-refractivity contribution >= 4 is 23.8 Å². The molecular formula is C26H28N4O5. The van der Waals surface area contributed by atoms with E-state index in [2.05, 4.69) is 40.0 Å². The van der Waals surface area contributed by atoms with E-state index in [4.69, 9.17) is 9.84 Å². The number of amides is 2. The van der Waals surface area contributed by atoms with Gasteiger partial charge in [0.2, 0.25) is 5.91 Å². The lowest BCUT2D eigenvalue weighted by Crippen LogP contribution is -2.41. The van der Waals surface area contributed by atoms with Gasteiger partial charge >= 0.3 is 12.1 Å². The van der Waals surface area contributed by atoms with Crippen molar-refractivity contribution in [3.63, 3.8) is 0 Å². The highest BCUT2D eigenvalue weighted by molar-refractivity contribution is 5.93. The van der Waals surface area contributed by atoms with Crippen molar-refractivity contribution in [2.75, 3.05) is 11.9 Å². The third kappa shape index (κ3) is 5.18. The molecule has 182 valence electrons. The van der Waals surface area contributed by atoms with E-state index in [0.29, 0.717) is 0 Å². The lowest BCUT2D eigenvalue weighted by molar-refractivity contribution is -0.116. The van der Waals surface area contributed by atoms with E-state index in [1.807, 2.05) is 38.1 Å². The monoisotopic (exact) mass is 476 g/mol. The van der Waals surface area contributed by atoms with E-state index in [0.717, 1.165) is 22.3 Å². The number of fused-ring (bicyclic) bond motifs is 3. The van der Waals surface area contributed by atoms with E-state index in [9.17, 15) is 14.4 Å². The van der Waals surface area contributed by atoms with Crippen LogP contribution >= 0.6 is 0 Å². The number of nitrogens with zero attached hydrogens (tertiary/aromatic N) is 2. The first-order chi connectivity index (χ1) is 16.7. The second kappa shape index (κ2) is 10.0. The number of anilines is 1. The smallest absolute Gasteiger partial charge is 0.407 e. The predicted molar refractivity (Wildman–Crippen MR) is 130 cm³/mol. The highest BCUT2D eigenvalue weighted by Gasteiger charge is 2.29. The van der Waals surface area contributed by atoms with Gasteiger partial charge in [0.1, 0.15) is 12.4 Å². The number of aromatic nitrogens is 2. The second-order valence-electron chi connectivity index (χ2n) is 8.92. The zero-order valence-electron chi connectivity index (χ0n) is 19.8. The zero-order valence-corrected chi connectivity index (χ0v) is 19.8. The first kappa shape index (κ1) is 24.0. The first-order valence-corrected chi connectivity index (χ1v) is 11.4. The molecule has 3 aromatic rings. The number of rotatable bonds is 8. The predicted octanol–water partition coefficient (Wildman–Crippen LogP) is 4.01. The fourth-order valence-electron chi connectivity index (χ4n) is 4.33. The molecule has 0 saturated carbocycles. The van der Waals surface area contributed by atoms with Crippen molar-refractivity contribution in [2.24, 2.45) is 13.0 Å². The standard InChI is InChI=1S/C26H28N4O5/c1-15(2)21(13-24(31)28-23-12-22(25(32)33)29-30(23)3)27-26(34)35-14-20-18-10-6-4-8-16(18)17-9-5-7-11-19(17)20/h4-12,15,20-21H,13-14H2,1-3H3,(H,27,34)(H,28,31)(H,32,33)/t21-/m0/s1. The first-order valence-electron chi connectivity index (χ1n) is 11.4. The number of benzene rings is 2. The average molecular weight is 477 g/mol. The number of carboxylic acids is 1. The molecule has 0 radical (unpaired) electrons. The van der Waals surface area contributed by atoms with Gasteiger partial charge in [-0.2, -0.15) is 5.10 Å². The molecule has 4 rings (SSSR count). The number of carbonyl (C=O) groups is 3. The normalized spacial score (nSPS) is 13.1. The molecule has 9 heteroatoms. The van der Waals surface area contributed by atoms with Crippen LogP contribution in [0.25, 0.3) is 11.1 Å². The molecule has 0 spiro atoms. The van der Waals surface area contributed by atoms with E-state index < -0.39 is 18.1 Å². The van der Waals surface area contributed by atoms with E-state index >= 15 is 0 Å². The number of hydrogen-bond acceptors (Lipinski definition) is 5. The molecule has 35 heavy (non-hydrogen) atoms. The highest BCUT2D eigenvalue weighted by Crippen LogP contribution is 2.44. The maximum atomic E-state index is 12.7. The summed E-state index contributed by atoms with van der Waals surface area (Å²) in [7, 11) is 1.54. The molecule has 1 heterocycles. The van der Waals surface area contributed by atoms with Crippen molar-refractivity contribution in [1.82, 2.24) is 15.1 Å². The van der Waals surface area contributed by atoms with Gasteiger partial charge in [-0.05, 0) is 28.2 Å². The maximum absolute atomic E-state index is 12.7. The Morgan fingerprint density at radius 2 is 1.66 bits per heavy atom. The Balaban J connectivity index is 1.37. The fraction of sp³-hybridized carbons (Fsp3) is 0.308. The summed E-state index contributed by atoms with van der Waals surface area (Å²) < 4.78 is 6.89. The number of hydrogen-bond donors (Lipinski definition) is 3. The third-order valence-corrected chi connectivity index (χ3v) is 6.22. The van der Waals surface area contributed by atoms with Crippen molar-refractivity contribution in [2.45, 2.75) is 32.2 Å². The Morgan fingerprint density at radius 1 is 1.06 bits per heavy atom. The van der Waals surface area contributed by atoms with Crippen molar-refractivity contribution < 1.29 is 24.2 Å². The summed E-state index contributed by atoms with van der Waals surface area (Å²) in [5.74, 6) is -1.39. The fourth-order valence-corrected chi connectivity index (χ4v) is 4.33. The molecule has 1 atom stereocenters. The van der Waals surface area contributed by atoms with Gasteiger partial charge in [-0.25, -0.2) is 9.59 Å². The molecule has 0 aliphatic heterocycles. The van der Waals surface area contributed by atoms with Gasteiger partial charge < -0.3 is 20.5 Å². The third-order valence-electron chi connectivity index (χ3n) is 6.22. The second-order valence-corrected chi connectivity index (χ2v) is 8.92. The largest absolute Gasteiger partial charge is 0.476 e. The van der Waals surface area contributed by atoms with Crippen LogP contribution in [0.3, 0.4) is 0 Å². The molecular weight excluding hydrogens is 448 g/mol. The summed E-state index contributed by atoms with van der Waals surface area (Å²) in [4.78, 5) is 36.3. The minimum atomic E-state index is -1.18. The Labute approximate surface area is 203 Å². The molecule has 0 saturated heterocycles. The van der Waals surface area contributed by atoms with Gasteiger partial charge in [0, 0.05) is 31.5 Å². The quantitative estimate of drug-likeness (QED) is 0.452. The van der Waals surface area contributed by atoms with Crippen molar-refractivity contribution in [1.29, 1.82) is 0 Å². The Kier molecular flexibility index (Phi) is 6.86. The van der Waals surface area contributed by atoms with Crippen LogP contribution in [0.1, 0.15) is 47.8 Å². The molecule has 2 aromatic carbocycles. The molecule has 3 N–H and O–H groups in total. The Morgan fingerprint density at radius 3 is 2.20 bits per heavy atom. The minimum Gasteiger partial charge on any atom is -0.476 e. The van der Waals surface area contributed by atoms with Crippen LogP contribution < -0.4 is 10.6 Å². The summed E-state index contributed by atoms with van der Waals surface area (Å²) in [6.45, 7) is 3.98. The van der Waals surface area contributed by atoms with Crippen molar-refractivity contribution in [3.8, 4) is 11.1 Å². The highest BCUT2D eigenvalue weighted by atomic mass is 16.5. The summed E-state index contributed by atoms with van der Waals surface area (Å²) in [6, 6.07) is 17.0. The number of nitrogens with one attached hydrogen (secondary N) is 2.